The fourth-order valence-corrected chi connectivity index (χ4v) is 1.62. The quantitative estimate of drug-likeness (QED) is 0.742. The molecule has 0 aliphatic rings. The van der Waals surface area contributed by atoms with E-state index >= 15 is 0 Å². The summed E-state index contributed by atoms with van der Waals surface area (Å²) in [5.74, 6) is 1.84. The Kier molecular flexibility index (Phi) is 5.48. The normalized spacial score (nSPS) is 13.3. The summed E-state index contributed by atoms with van der Waals surface area (Å²) in [6.45, 7) is 7.64. The van der Waals surface area contributed by atoms with Crippen LogP contribution in [0.25, 0.3) is 0 Å². The van der Waals surface area contributed by atoms with Crippen molar-refractivity contribution in [1.29, 1.82) is 0 Å². The molecule has 2 heteroatoms. The Morgan fingerprint density at radius 1 is 1.27 bits per heavy atom. The topological polar surface area (TPSA) is 25.2 Å². The number of hydrogen-bond donors (Lipinski definition) is 1. The molecule has 1 heterocycles. The van der Waals surface area contributed by atoms with Crippen molar-refractivity contribution >= 4 is 0 Å². The summed E-state index contributed by atoms with van der Waals surface area (Å²) in [7, 11) is 0. The Hall–Kier alpha value is -0.760. The lowest BCUT2D eigenvalue weighted by Gasteiger charge is -2.13. The molecule has 0 aromatic carbocycles. The Morgan fingerprint density at radius 3 is 2.67 bits per heavy atom. The molecule has 86 valence electrons. The Bertz CT molecular complexity index is 241. The molecule has 1 aromatic rings. The number of hydrogen-bond acceptors (Lipinski definition) is 2. The second-order valence-electron chi connectivity index (χ2n) is 4.69. The predicted octanol–water partition coefficient (Wildman–Crippen LogP) is 3.58. The molecular weight excluding hydrogens is 186 g/mol. The molecule has 0 saturated carbocycles. The van der Waals surface area contributed by atoms with Crippen LogP contribution in [0.5, 0.6) is 0 Å². The van der Waals surface area contributed by atoms with Crippen molar-refractivity contribution in [2.75, 3.05) is 0 Å². The molecule has 0 radical (unpaired) electrons. The van der Waals surface area contributed by atoms with Gasteiger partial charge in [-0.3, -0.25) is 0 Å². The van der Waals surface area contributed by atoms with Crippen LogP contribution in [0.4, 0.5) is 0 Å². The lowest BCUT2D eigenvalue weighted by molar-refractivity contribution is 0.423. The van der Waals surface area contributed by atoms with Crippen molar-refractivity contribution in [1.82, 2.24) is 5.32 Å². The van der Waals surface area contributed by atoms with Crippen LogP contribution in [0, 0.1) is 5.92 Å². The fourth-order valence-electron chi connectivity index (χ4n) is 1.62. The van der Waals surface area contributed by atoms with Crippen molar-refractivity contribution < 1.29 is 4.42 Å². The summed E-state index contributed by atoms with van der Waals surface area (Å²) < 4.78 is 5.26. The second kappa shape index (κ2) is 6.67. The van der Waals surface area contributed by atoms with Gasteiger partial charge in [0, 0.05) is 6.04 Å². The summed E-state index contributed by atoms with van der Waals surface area (Å²) in [5, 5.41) is 3.46. The first-order valence-corrected chi connectivity index (χ1v) is 5.94. The average Bonchev–Trinajstić information content (AvgIpc) is 2.66. The first kappa shape index (κ1) is 12.3. The molecule has 0 aliphatic carbocycles. The highest BCUT2D eigenvalue weighted by Crippen LogP contribution is 2.08. The van der Waals surface area contributed by atoms with E-state index in [-0.39, 0.29) is 0 Å². The fraction of sp³-hybridized carbons (Fsp3) is 0.692. The Morgan fingerprint density at radius 2 is 2.07 bits per heavy atom. The van der Waals surface area contributed by atoms with E-state index in [1.807, 2.05) is 12.1 Å². The largest absolute Gasteiger partial charge is 0.468 e. The first-order chi connectivity index (χ1) is 7.18. The Balaban J connectivity index is 2.06. The zero-order chi connectivity index (χ0) is 11.1. The van der Waals surface area contributed by atoms with Crippen LogP contribution in [-0.4, -0.2) is 6.04 Å². The third kappa shape index (κ3) is 5.63. The van der Waals surface area contributed by atoms with Gasteiger partial charge in [-0.1, -0.05) is 26.7 Å². The first-order valence-electron chi connectivity index (χ1n) is 5.94. The molecule has 1 N–H and O–H groups in total. The Labute approximate surface area is 93.1 Å². The third-order valence-electron chi connectivity index (χ3n) is 2.62. The van der Waals surface area contributed by atoms with Crippen molar-refractivity contribution in [3.63, 3.8) is 0 Å². The molecule has 1 aromatic heterocycles. The van der Waals surface area contributed by atoms with Gasteiger partial charge in [0.1, 0.15) is 5.76 Å². The van der Waals surface area contributed by atoms with Crippen molar-refractivity contribution in [3.8, 4) is 0 Å². The van der Waals surface area contributed by atoms with E-state index in [9.17, 15) is 0 Å². The van der Waals surface area contributed by atoms with E-state index in [0.29, 0.717) is 6.04 Å². The van der Waals surface area contributed by atoms with E-state index in [4.69, 9.17) is 4.42 Å². The number of nitrogens with one attached hydrogen (secondary N) is 1. The number of rotatable bonds is 7. The molecule has 0 aliphatic heterocycles. The molecule has 0 fully saturated rings. The zero-order valence-electron chi connectivity index (χ0n) is 10.1. The lowest BCUT2D eigenvalue weighted by Crippen LogP contribution is -2.25. The summed E-state index contributed by atoms with van der Waals surface area (Å²) >= 11 is 0. The summed E-state index contributed by atoms with van der Waals surface area (Å²) in [5.41, 5.74) is 0. The van der Waals surface area contributed by atoms with Crippen LogP contribution >= 0.6 is 0 Å². The molecular formula is C13H23NO. The summed E-state index contributed by atoms with van der Waals surface area (Å²) in [6, 6.07) is 4.52. The molecule has 15 heavy (non-hydrogen) atoms. The molecule has 0 saturated heterocycles. The minimum absolute atomic E-state index is 0.578. The van der Waals surface area contributed by atoms with Gasteiger partial charge in [-0.25, -0.2) is 0 Å². The molecule has 0 spiro atoms. The smallest absolute Gasteiger partial charge is 0.117 e. The highest BCUT2D eigenvalue weighted by Gasteiger charge is 2.03. The van der Waals surface area contributed by atoms with Crippen LogP contribution in [-0.2, 0) is 6.54 Å². The van der Waals surface area contributed by atoms with Gasteiger partial charge in [0.15, 0.2) is 0 Å². The van der Waals surface area contributed by atoms with Crippen LogP contribution in [0.3, 0.4) is 0 Å². The standard InChI is InChI=1S/C13H23NO/c1-11(2)6-4-7-12(3)14-10-13-8-5-9-15-13/h5,8-9,11-12,14H,4,6-7,10H2,1-3H3/t12-/m0/s1. The van der Waals surface area contributed by atoms with Crippen LogP contribution in [0.2, 0.25) is 0 Å². The molecule has 2 nitrogen and oxygen atoms in total. The van der Waals surface area contributed by atoms with E-state index in [2.05, 4.69) is 26.1 Å². The van der Waals surface area contributed by atoms with Crippen LogP contribution in [0.15, 0.2) is 22.8 Å². The van der Waals surface area contributed by atoms with Crippen LogP contribution < -0.4 is 5.32 Å². The van der Waals surface area contributed by atoms with Gasteiger partial charge in [0.05, 0.1) is 12.8 Å². The highest BCUT2D eigenvalue weighted by molar-refractivity contribution is 4.97. The third-order valence-corrected chi connectivity index (χ3v) is 2.62. The lowest BCUT2D eigenvalue weighted by atomic mass is 10.0. The van der Waals surface area contributed by atoms with Crippen molar-refractivity contribution in [3.05, 3.63) is 24.2 Å². The van der Waals surface area contributed by atoms with Gasteiger partial charge < -0.3 is 9.73 Å². The molecule has 0 unspecified atom stereocenters. The van der Waals surface area contributed by atoms with E-state index in [1.54, 1.807) is 6.26 Å². The summed E-state index contributed by atoms with van der Waals surface area (Å²) in [6.07, 6.45) is 5.61. The minimum Gasteiger partial charge on any atom is -0.468 e. The van der Waals surface area contributed by atoms with E-state index in [1.165, 1.54) is 19.3 Å². The average molecular weight is 209 g/mol. The van der Waals surface area contributed by atoms with Crippen LogP contribution in [0.1, 0.15) is 45.8 Å². The number of furan rings is 1. The summed E-state index contributed by atoms with van der Waals surface area (Å²) in [4.78, 5) is 0. The zero-order valence-corrected chi connectivity index (χ0v) is 10.1. The molecule has 0 amide bonds. The van der Waals surface area contributed by atoms with Crippen molar-refractivity contribution in [2.24, 2.45) is 5.92 Å². The van der Waals surface area contributed by atoms with Gasteiger partial charge >= 0.3 is 0 Å². The SMILES string of the molecule is CC(C)CCC[C@H](C)NCc1ccco1. The molecule has 0 bridgehead atoms. The van der Waals surface area contributed by atoms with Gasteiger partial charge in [-0.15, -0.1) is 0 Å². The van der Waals surface area contributed by atoms with E-state index in [0.717, 1.165) is 18.2 Å². The highest BCUT2D eigenvalue weighted by atomic mass is 16.3. The maximum absolute atomic E-state index is 5.26. The minimum atomic E-state index is 0.578. The van der Waals surface area contributed by atoms with Gasteiger partial charge in [0.25, 0.3) is 0 Å². The van der Waals surface area contributed by atoms with Gasteiger partial charge in [0.2, 0.25) is 0 Å². The molecule has 1 rings (SSSR count). The monoisotopic (exact) mass is 209 g/mol. The maximum Gasteiger partial charge on any atom is 0.117 e. The maximum atomic E-state index is 5.26. The predicted molar refractivity (Wildman–Crippen MR) is 63.7 cm³/mol. The molecule has 1 atom stereocenters. The van der Waals surface area contributed by atoms with Crippen molar-refractivity contribution in [2.45, 2.75) is 52.6 Å². The van der Waals surface area contributed by atoms with E-state index < -0.39 is 0 Å². The van der Waals surface area contributed by atoms with Gasteiger partial charge in [-0.2, -0.15) is 0 Å². The second-order valence-corrected chi connectivity index (χ2v) is 4.69. The van der Waals surface area contributed by atoms with Gasteiger partial charge in [-0.05, 0) is 31.4 Å².